The summed E-state index contributed by atoms with van der Waals surface area (Å²) in [6.07, 6.45) is 6.29. The Hall–Kier alpha value is -1.66. The van der Waals surface area contributed by atoms with Crippen LogP contribution in [0, 0.1) is 11.7 Å². The van der Waals surface area contributed by atoms with Crippen LogP contribution in [0.15, 0.2) is 18.2 Å². The molecular formula is C18H27ClFN3O2. The van der Waals surface area contributed by atoms with Crippen LogP contribution in [0.4, 0.5) is 15.8 Å². The standard InChI is InChI=1S/C18H26FN3O2.ClH/c1-2-6-15(20)18(24)21-13-9-10-14(19)16(11-13)22-17(23)12-7-4-3-5-8-12;/h9-12,15H,2-8,20H2,1H3,(H,21,24)(H,22,23);1H. The number of anilines is 2. The Kier molecular flexibility index (Phi) is 8.86. The quantitative estimate of drug-likeness (QED) is 0.710. The summed E-state index contributed by atoms with van der Waals surface area (Å²) in [6, 6.07) is 3.53. The monoisotopic (exact) mass is 371 g/mol. The van der Waals surface area contributed by atoms with E-state index in [9.17, 15) is 14.0 Å². The molecule has 1 fully saturated rings. The molecule has 140 valence electrons. The van der Waals surface area contributed by atoms with Crippen LogP contribution in [0.2, 0.25) is 0 Å². The van der Waals surface area contributed by atoms with Gasteiger partial charge in [0, 0.05) is 11.6 Å². The second-order valence-electron chi connectivity index (χ2n) is 6.40. The second kappa shape index (κ2) is 10.4. The van der Waals surface area contributed by atoms with Gasteiger partial charge in [-0.1, -0.05) is 32.6 Å². The van der Waals surface area contributed by atoms with Gasteiger partial charge < -0.3 is 16.4 Å². The fourth-order valence-corrected chi connectivity index (χ4v) is 2.98. The van der Waals surface area contributed by atoms with Gasteiger partial charge in [-0.2, -0.15) is 0 Å². The summed E-state index contributed by atoms with van der Waals surface area (Å²) in [4.78, 5) is 24.2. The van der Waals surface area contributed by atoms with Crippen LogP contribution in [-0.2, 0) is 9.59 Å². The Labute approximate surface area is 154 Å². The van der Waals surface area contributed by atoms with E-state index in [1.807, 2.05) is 6.92 Å². The first-order valence-corrected chi connectivity index (χ1v) is 8.68. The van der Waals surface area contributed by atoms with Crippen LogP contribution in [0.25, 0.3) is 0 Å². The summed E-state index contributed by atoms with van der Waals surface area (Å²) in [7, 11) is 0. The van der Waals surface area contributed by atoms with Crippen molar-refractivity contribution >= 4 is 35.6 Å². The molecular weight excluding hydrogens is 345 g/mol. The molecule has 0 bridgehead atoms. The van der Waals surface area contributed by atoms with Gasteiger partial charge in [0.2, 0.25) is 11.8 Å². The number of carbonyl (C=O) groups is 2. The van der Waals surface area contributed by atoms with Crippen molar-refractivity contribution in [2.75, 3.05) is 10.6 Å². The maximum absolute atomic E-state index is 14.0. The number of halogens is 2. The molecule has 1 saturated carbocycles. The van der Waals surface area contributed by atoms with E-state index < -0.39 is 11.9 Å². The number of benzene rings is 1. The van der Waals surface area contributed by atoms with Crippen LogP contribution >= 0.6 is 12.4 Å². The smallest absolute Gasteiger partial charge is 0.241 e. The maximum Gasteiger partial charge on any atom is 0.241 e. The lowest BCUT2D eigenvalue weighted by Crippen LogP contribution is -2.35. The fourth-order valence-electron chi connectivity index (χ4n) is 2.98. The van der Waals surface area contributed by atoms with E-state index in [0.29, 0.717) is 12.1 Å². The third kappa shape index (κ3) is 6.29. The van der Waals surface area contributed by atoms with Gasteiger partial charge in [-0.25, -0.2) is 4.39 Å². The molecule has 0 radical (unpaired) electrons. The number of nitrogens with two attached hydrogens (primary N) is 1. The van der Waals surface area contributed by atoms with E-state index in [0.717, 1.165) is 38.5 Å². The molecule has 5 nitrogen and oxygen atoms in total. The fraction of sp³-hybridized carbons (Fsp3) is 0.556. The highest BCUT2D eigenvalue weighted by Gasteiger charge is 2.22. The molecule has 1 atom stereocenters. The minimum atomic E-state index is -0.597. The molecule has 0 saturated heterocycles. The van der Waals surface area contributed by atoms with Gasteiger partial charge in [0.05, 0.1) is 11.7 Å². The molecule has 0 aliphatic heterocycles. The number of nitrogens with one attached hydrogen (secondary N) is 2. The van der Waals surface area contributed by atoms with Crippen molar-refractivity contribution in [2.24, 2.45) is 11.7 Å². The molecule has 0 heterocycles. The van der Waals surface area contributed by atoms with E-state index in [2.05, 4.69) is 10.6 Å². The highest BCUT2D eigenvalue weighted by atomic mass is 35.5. The molecule has 0 aromatic heterocycles. The number of amides is 2. The van der Waals surface area contributed by atoms with E-state index in [4.69, 9.17) is 5.73 Å². The zero-order valence-corrected chi connectivity index (χ0v) is 15.3. The summed E-state index contributed by atoms with van der Waals surface area (Å²) in [5.41, 5.74) is 6.28. The van der Waals surface area contributed by atoms with Crippen LogP contribution in [0.1, 0.15) is 51.9 Å². The second-order valence-corrected chi connectivity index (χ2v) is 6.40. The predicted molar refractivity (Wildman–Crippen MR) is 100 cm³/mol. The average Bonchev–Trinajstić information content (AvgIpc) is 2.58. The normalized spacial score (nSPS) is 15.8. The third-order valence-corrected chi connectivity index (χ3v) is 4.40. The van der Waals surface area contributed by atoms with E-state index in [1.54, 1.807) is 0 Å². The molecule has 0 spiro atoms. The highest BCUT2D eigenvalue weighted by molar-refractivity contribution is 5.96. The summed E-state index contributed by atoms with van der Waals surface area (Å²) >= 11 is 0. The van der Waals surface area contributed by atoms with E-state index in [-0.39, 0.29) is 35.8 Å². The number of carbonyl (C=O) groups excluding carboxylic acids is 2. The van der Waals surface area contributed by atoms with Crippen LogP contribution in [0.3, 0.4) is 0 Å². The minimum Gasteiger partial charge on any atom is -0.325 e. The van der Waals surface area contributed by atoms with Gasteiger partial charge in [-0.3, -0.25) is 9.59 Å². The summed E-state index contributed by atoms with van der Waals surface area (Å²) in [5, 5.41) is 5.32. The minimum absolute atomic E-state index is 0. The first-order chi connectivity index (χ1) is 11.5. The summed E-state index contributed by atoms with van der Waals surface area (Å²) in [5.74, 6) is -1.04. The van der Waals surface area contributed by atoms with Crippen molar-refractivity contribution in [1.29, 1.82) is 0 Å². The molecule has 4 N–H and O–H groups in total. The van der Waals surface area contributed by atoms with E-state index in [1.165, 1.54) is 18.2 Å². The number of hydrogen-bond acceptors (Lipinski definition) is 3. The number of rotatable bonds is 6. The van der Waals surface area contributed by atoms with Gasteiger partial charge in [0.25, 0.3) is 0 Å². The first-order valence-electron chi connectivity index (χ1n) is 8.68. The zero-order valence-electron chi connectivity index (χ0n) is 14.5. The molecule has 1 aromatic rings. The van der Waals surface area contributed by atoms with Crippen LogP contribution in [-0.4, -0.2) is 17.9 Å². The van der Waals surface area contributed by atoms with Crippen LogP contribution < -0.4 is 16.4 Å². The van der Waals surface area contributed by atoms with Gasteiger partial charge in [0.15, 0.2) is 0 Å². The topological polar surface area (TPSA) is 84.2 Å². The van der Waals surface area contributed by atoms with Crippen molar-refractivity contribution in [3.63, 3.8) is 0 Å². The lowest BCUT2D eigenvalue weighted by Gasteiger charge is -2.21. The van der Waals surface area contributed by atoms with Crippen molar-refractivity contribution < 1.29 is 14.0 Å². The lowest BCUT2D eigenvalue weighted by molar-refractivity contribution is -0.120. The summed E-state index contributed by atoms with van der Waals surface area (Å²) in [6.45, 7) is 1.95. The molecule has 1 aliphatic carbocycles. The van der Waals surface area contributed by atoms with Gasteiger partial charge in [0.1, 0.15) is 5.82 Å². The van der Waals surface area contributed by atoms with Crippen molar-refractivity contribution in [3.05, 3.63) is 24.0 Å². The molecule has 7 heteroatoms. The van der Waals surface area contributed by atoms with Gasteiger partial charge in [-0.05, 0) is 37.5 Å². The molecule has 2 amide bonds. The zero-order chi connectivity index (χ0) is 17.5. The Morgan fingerprint density at radius 1 is 1.24 bits per heavy atom. The highest BCUT2D eigenvalue weighted by Crippen LogP contribution is 2.26. The molecule has 1 aliphatic rings. The average molecular weight is 372 g/mol. The van der Waals surface area contributed by atoms with Gasteiger partial charge in [-0.15, -0.1) is 12.4 Å². The first kappa shape index (κ1) is 21.4. The maximum atomic E-state index is 14.0. The predicted octanol–water partition coefficient (Wildman–Crippen LogP) is 3.83. The van der Waals surface area contributed by atoms with E-state index >= 15 is 0 Å². The van der Waals surface area contributed by atoms with Crippen molar-refractivity contribution in [1.82, 2.24) is 0 Å². The Morgan fingerprint density at radius 2 is 1.92 bits per heavy atom. The Balaban J connectivity index is 0.00000312. The Bertz CT molecular complexity index is 592. The molecule has 1 unspecified atom stereocenters. The van der Waals surface area contributed by atoms with Crippen molar-refractivity contribution in [3.8, 4) is 0 Å². The lowest BCUT2D eigenvalue weighted by atomic mass is 9.88. The summed E-state index contributed by atoms with van der Waals surface area (Å²) < 4.78 is 14.0. The molecule has 1 aromatic carbocycles. The van der Waals surface area contributed by atoms with Gasteiger partial charge >= 0.3 is 0 Å². The molecule has 25 heavy (non-hydrogen) atoms. The largest absolute Gasteiger partial charge is 0.325 e. The number of hydrogen-bond donors (Lipinski definition) is 3. The molecule has 2 rings (SSSR count). The third-order valence-electron chi connectivity index (χ3n) is 4.40. The Morgan fingerprint density at radius 3 is 2.56 bits per heavy atom. The SMILES string of the molecule is CCCC(N)C(=O)Nc1ccc(F)c(NC(=O)C2CCCCC2)c1.Cl. The van der Waals surface area contributed by atoms with Crippen LogP contribution in [0.5, 0.6) is 0 Å². The van der Waals surface area contributed by atoms with Crippen molar-refractivity contribution in [2.45, 2.75) is 57.9 Å².